The molecule has 0 fully saturated rings. The second kappa shape index (κ2) is 6.97. The molecule has 1 amide bonds. The van der Waals surface area contributed by atoms with Crippen molar-refractivity contribution < 1.29 is 4.79 Å². The van der Waals surface area contributed by atoms with Gasteiger partial charge in [-0.05, 0) is 25.0 Å². The van der Waals surface area contributed by atoms with Gasteiger partial charge in [0.1, 0.15) is 9.84 Å². The predicted octanol–water partition coefficient (Wildman–Crippen LogP) is 4.12. The molecule has 0 aliphatic rings. The van der Waals surface area contributed by atoms with Crippen LogP contribution in [0.4, 0.5) is 5.13 Å². The van der Waals surface area contributed by atoms with Gasteiger partial charge in [0.05, 0.1) is 17.1 Å². The molecule has 0 spiro atoms. The van der Waals surface area contributed by atoms with Crippen LogP contribution in [0.25, 0.3) is 10.2 Å². The van der Waals surface area contributed by atoms with E-state index in [1.165, 1.54) is 28.2 Å². The predicted molar refractivity (Wildman–Crippen MR) is 105 cm³/mol. The van der Waals surface area contributed by atoms with E-state index in [0.717, 1.165) is 27.3 Å². The van der Waals surface area contributed by atoms with Gasteiger partial charge in [-0.3, -0.25) is 14.8 Å². The van der Waals surface area contributed by atoms with Crippen LogP contribution in [0.1, 0.15) is 32.9 Å². The maximum atomic E-state index is 12.6. The fraction of sp³-hybridized carbons (Fsp3) is 0.222. The Bertz CT molecular complexity index is 1060. The summed E-state index contributed by atoms with van der Waals surface area (Å²) in [6.45, 7) is 4.67. The molecule has 4 rings (SSSR count). The standard InChI is InChI=1S/C18H17N5OS2/c1-3-15-20-21-18(26-15)19-16(24)14-9-13-11(2)22-23(17(13)25-14)10-12-7-5-4-6-8-12/h4-9H,3,10H2,1-2H3,(H,19,21,24). The third-order valence-electron chi connectivity index (χ3n) is 4.00. The molecular formula is C18H17N5OS2. The molecule has 1 aromatic carbocycles. The summed E-state index contributed by atoms with van der Waals surface area (Å²) in [6.07, 6.45) is 0.810. The number of carbonyl (C=O) groups excluding carboxylic acids is 1. The van der Waals surface area contributed by atoms with Crippen LogP contribution < -0.4 is 5.32 Å². The molecule has 0 radical (unpaired) electrons. The van der Waals surface area contributed by atoms with Gasteiger partial charge >= 0.3 is 0 Å². The van der Waals surface area contributed by atoms with E-state index in [-0.39, 0.29) is 5.91 Å². The first-order chi connectivity index (χ1) is 12.6. The van der Waals surface area contributed by atoms with E-state index < -0.39 is 0 Å². The summed E-state index contributed by atoms with van der Waals surface area (Å²) in [7, 11) is 0. The van der Waals surface area contributed by atoms with Gasteiger partial charge in [0.15, 0.2) is 0 Å². The molecule has 8 heteroatoms. The smallest absolute Gasteiger partial charge is 0.267 e. The van der Waals surface area contributed by atoms with Gasteiger partial charge in [-0.25, -0.2) is 0 Å². The third kappa shape index (κ3) is 3.25. The number of hydrogen-bond donors (Lipinski definition) is 1. The van der Waals surface area contributed by atoms with E-state index in [2.05, 4.69) is 32.7 Å². The summed E-state index contributed by atoms with van der Waals surface area (Å²) in [5, 5.41) is 18.0. The number of aromatic nitrogens is 4. The zero-order valence-corrected chi connectivity index (χ0v) is 16.0. The van der Waals surface area contributed by atoms with E-state index in [0.29, 0.717) is 16.6 Å². The molecule has 26 heavy (non-hydrogen) atoms. The number of aryl methyl sites for hydroxylation is 2. The average molecular weight is 384 g/mol. The first-order valence-corrected chi connectivity index (χ1v) is 9.92. The van der Waals surface area contributed by atoms with Crippen LogP contribution >= 0.6 is 22.7 Å². The highest BCUT2D eigenvalue weighted by molar-refractivity contribution is 7.20. The Hall–Kier alpha value is -2.58. The van der Waals surface area contributed by atoms with E-state index >= 15 is 0 Å². The van der Waals surface area contributed by atoms with Crippen LogP contribution in [0.15, 0.2) is 36.4 Å². The molecule has 0 saturated heterocycles. The summed E-state index contributed by atoms with van der Waals surface area (Å²) in [5.41, 5.74) is 2.10. The summed E-state index contributed by atoms with van der Waals surface area (Å²) in [5.74, 6) is -0.157. The van der Waals surface area contributed by atoms with Crippen molar-refractivity contribution in [1.29, 1.82) is 0 Å². The zero-order chi connectivity index (χ0) is 18.1. The van der Waals surface area contributed by atoms with Crippen molar-refractivity contribution in [2.24, 2.45) is 0 Å². The van der Waals surface area contributed by atoms with Crippen molar-refractivity contribution >= 4 is 43.9 Å². The summed E-state index contributed by atoms with van der Waals surface area (Å²) in [6, 6.07) is 12.1. The Morgan fingerprint density at radius 1 is 1.19 bits per heavy atom. The van der Waals surface area contributed by atoms with Crippen molar-refractivity contribution in [2.45, 2.75) is 26.8 Å². The molecule has 132 valence electrons. The maximum absolute atomic E-state index is 12.6. The normalized spacial score (nSPS) is 11.2. The summed E-state index contributed by atoms with van der Waals surface area (Å²) >= 11 is 2.85. The lowest BCUT2D eigenvalue weighted by molar-refractivity contribution is 0.103. The van der Waals surface area contributed by atoms with E-state index in [1.807, 2.05) is 42.8 Å². The fourth-order valence-corrected chi connectivity index (χ4v) is 4.42. The lowest BCUT2D eigenvalue weighted by Crippen LogP contribution is -2.09. The molecule has 0 saturated carbocycles. The molecule has 1 N–H and O–H groups in total. The van der Waals surface area contributed by atoms with Crippen LogP contribution in [0.2, 0.25) is 0 Å². The molecule has 0 aliphatic carbocycles. The van der Waals surface area contributed by atoms with Gasteiger partial charge in [0.2, 0.25) is 5.13 Å². The van der Waals surface area contributed by atoms with E-state index in [1.54, 1.807) is 0 Å². The molecule has 3 heterocycles. The Labute approximate surface area is 158 Å². The van der Waals surface area contributed by atoms with Crippen molar-refractivity contribution in [1.82, 2.24) is 20.0 Å². The minimum absolute atomic E-state index is 0.157. The van der Waals surface area contributed by atoms with Crippen LogP contribution in [0.5, 0.6) is 0 Å². The van der Waals surface area contributed by atoms with Gasteiger partial charge in [-0.15, -0.1) is 21.5 Å². The molecule has 6 nitrogen and oxygen atoms in total. The van der Waals surface area contributed by atoms with Crippen molar-refractivity contribution in [3.63, 3.8) is 0 Å². The minimum Gasteiger partial charge on any atom is -0.296 e. The molecule has 0 atom stereocenters. The monoisotopic (exact) mass is 383 g/mol. The molecule has 3 aromatic heterocycles. The highest BCUT2D eigenvalue weighted by Crippen LogP contribution is 2.29. The fourth-order valence-electron chi connectivity index (χ4n) is 2.69. The van der Waals surface area contributed by atoms with Crippen LogP contribution in [0, 0.1) is 6.92 Å². The summed E-state index contributed by atoms with van der Waals surface area (Å²) < 4.78 is 1.96. The number of rotatable bonds is 5. The molecule has 0 bridgehead atoms. The third-order valence-corrected chi connectivity index (χ3v) is 6.13. The summed E-state index contributed by atoms with van der Waals surface area (Å²) in [4.78, 5) is 14.2. The van der Waals surface area contributed by atoms with Crippen molar-refractivity contribution in [3.8, 4) is 0 Å². The minimum atomic E-state index is -0.157. The van der Waals surface area contributed by atoms with Crippen LogP contribution in [-0.4, -0.2) is 25.9 Å². The van der Waals surface area contributed by atoms with Crippen molar-refractivity contribution in [3.05, 3.63) is 57.5 Å². The van der Waals surface area contributed by atoms with Gasteiger partial charge in [-0.2, -0.15) is 5.10 Å². The number of benzene rings is 1. The number of amides is 1. The van der Waals surface area contributed by atoms with E-state index in [4.69, 9.17) is 0 Å². The van der Waals surface area contributed by atoms with Crippen LogP contribution in [0.3, 0.4) is 0 Å². The highest BCUT2D eigenvalue weighted by atomic mass is 32.1. The van der Waals surface area contributed by atoms with Crippen molar-refractivity contribution in [2.75, 3.05) is 5.32 Å². The molecule has 0 unspecified atom stereocenters. The zero-order valence-electron chi connectivity index (χ0n) is 14.4. The number of carbonyl (C=O) groups is 1. The first-order valence-electron chi connectivity index (χ1n) is 8.28. The number of nitrogens with one attached hydrogen (secondary N) is 1. The SMILES string of the molecule is CCc1nnc(NC(=O)c2cc3c(C)nn(Cc4ccccc4)c3s2)s1. The lowest BCUT2D eigenvalue weighted by atomic mass is 10.2. The van der Waals surface area contributed by atoms with Gasteiger partial charge in [-0.1, -0.05) is 48.6 Å². The second-order valence-corrected chi connectivity index (χ2v) is 7.96. The molecule has 0 aliphatic heterocycles. The van der Waals surface area contributed by atoms with Crippen LogP contribution in [-0.2, 0) is 13.0 Å². The first kappa shape index (κ1) is 16.9. The van der Waals surface area contributed by atoms with Gasteiger partial charge < -0.3 is 0 Å². The Morgan fingerprint density at radius 3 is 2.73 bits per heavy atom. The largest absolute Gasteiger partial charge is 0.296 e. The Morgan fingerprint density at radius 2 is 2.00 bits per heavy atom. The molecule has 4 aromatic rings. The number of fused-ring (bicyclic) bond motifs is 1. The maximum Gasteiger partial charge on any atom is 0.267 e. The van der Waals surface area contributed by atoms with Gasteiger partial charge in [0.25, 0.3) is 5.91 Å². The number of hydrogen-bond acceptors (Lipinski definition) is 6. The average Bonchev–Trinajstić information content (AvgIpc) is 3.34. The second-order valence-electron chi connectivity index (χ2n) is 5.87. The number of anilines is 1. The quantitative estimate of drug-likeness (QED) is 0.563. The Balaban J connectivity index is 1.60. The molecular weight excluding hydrogens is 366 g/mol. The van der Waals surface area contributed by atoms with E-state index in [9.17, 15) is 4.79 Å². The number of nitrogens with zero attached hydrogens (tertiary/aromatic N) is 4. The topological polar surface area (TPSA) is 72.7 Å². The lowest BCUT2D eigenvalue weighted by Gasteiger charge is -2.02. The highest BCUT2D eigenvalue weighted by Gasteiger charge is 2.17. The number of thiophene rings is 1. The Kier molecular flexibility index (Phi) is 4.52. The van der Waals surface area contributed by atoms with Gasteiger partial charge in [0, 0.05) is 5.39 Å².